The Labute approximate surface area is 88.6 Å². The van der Waals surface area contributed by atoms with Gasteiger partial charge in [-0.25, -0.2) is 0 Å². The van der Waals surface area contributed by atoms with E-state index in [9.17, 15) is 4.79 Å². The molecule has 2 rings (SSSR count). The molecule has 1 aromatic carbocycles. The molecule has 0 radical (unpaired) electrons. The third-order valence-electron chi connectivity index (χ3n) is 2.02. The second kappa shape index (κ2) is 3.94. The van der Waals surface area contributed by atoms with E-state index in [1.165, 1.54) is 5.56 Å². The molecule has 1 unspecified atom stereocenters. The predicted molar refractivity (Wildman–Crippen MR) is 56.3 cm³/mol. The molecule has 0 saturated carbocycles. The second-order valence-electron chi connectivity index (χ2n) is 3.08. The monoisotopic (exact) mass is 254 g/mol. The van der Waals surface area contributed by atoms with Crippen molar-refractivity contribution in [2.24, 2.45) is 10.7 Å². The van der Waals surface area contributed by atoms with E-state index in [0.717, 1.165) is 6.42 Å². The third-order valence-corrected chi connectivity index (χ3v) is 4.09. The molecule has 72 valence electrons. The Kier molecular flexibility index (Phi) is 2.66. The first-order valence-electron chi connectivity index (χ1n) is 4.34. The van der Waals surface area contributed by atoms with Crippen molar-refractivity contribution >= 4 is 25.6 Å². The van der Waals surface area contributed by atoms with Crippen LogP contribution < -0.4 is 5.73 Å². The third kappa shape index (κ3) is 2.03. The van der Waals surface area contributed by atoms with Gasteiger partial charge in [0.25, 0.3) is 0 Å². The molecular weight excluding hydrogens is 243 g/mol. The van der Waals surface area contributed by atoms with E-state index in [1.54, 1.807) is 0 Å². The molecule has 1 aromatic rings. The Morgan fingerprint density at radius 3 is 2.64 bits per heavy atom. The molecule has 1 aliphatic rings. The van der Waals surface area contributed by atoms with Crippen molar-refractivity contribution in [1.82, 2.24) is 0 Å². The van der Waals surface area contributed by atoms with Crippen molar-refractivity contribution in [3.05, 3.63) is 35.9 Å². The van der Waals surface area contributed by atoms with Crippen LogP contribution in [-0.2, 0) is 11.2 Å². The molecule has 0 aliphatic carbocycles. The molecule has 1 amide bonds. The van der Waals surface area contributed by atoms with E-state index in [4.69, 9.17) is 5.73 Å². The van der Waals surface area contributed by atoms with Crippen LogP contribution in [0.2, 0.25) is 4.82 Å². The number of hydrogen-bond acceptors (Lipinski definition) is 2. The van der Waals surface area contributed by atoms with Crippen molar-refractivity contribution in [1.29, 1.82) is 0 Å². The Balaban J connectivity index is 2.04. The van der Waals surface area contributed by atoms with E-state index < -0.39 is 0 Å². The van der Waals surface area contributed by atoms with Gasteiger partial charge in [-0.15, -0.1) is 0 Å². The number of hydrogen-bond donors (Lipinski definition) is 1. The van der Waals surface area contributed by atoms with Crippen LogP contribution in [0.4, 0.5) is 0 Å². The summed E-state index contributed by atoms with van der Waals surface area (Å²) in [6.07, 6.45) is 0.768. The molecule has 0 fully saturated rings. The summed E-state index contributed by atoms with van der Waals surface area (Å²) < 4.78 is 0.531. The van der Waals surface area contributed by atoms with Gasteiger partial charge in [0.2, 0.25) is 0 Å². The van der Waals surface area contributed by atoms with Gasteiger partial charge in [-0.05, 0) is 0 Å². The summed E-state index contributed by atoms with van der Waals surface area (Å²) in [7, 11) is 0. The fourth-order valence-electron chi connectivity index (χ4n) is 1.36. The van der Waals surface area contributed by atoms with Crippen LogP contribution in [0.15, 0.2) is 35.3 Å². The summed E-state index contributed by atoms with van der Waals surface area (Å²) in [5, 5.41) is 0. The summed E-state index contributed by atoms with van der Waals surface area (Å²) >= 11 is 0.0485. The average Bonchev–Trinajstić information content (AvgIpc) is 2.47. The van der Waals surface area contributed by atoms with Crippen molar-refractivity contribution in [3.8, 4) is 0 Å². The molecule has 1 atom stereocenters. The average molecular weight is 253 g/mol. The molecule has 14 heavy (non-hydrogen) atoms. The first-order valence-corrected chi connectivity index (χ1v) is 6.19. The topological polar surface area (TPSA) is 55.4 Å². The Morgan fingerprint density at radius 2 is 2.07 bits per heavy atom. The second-order valence-corrected chi connectivity index (χ2v) is 5.65. The van der Waals surface area contributed by atoms with Gasteiger partial charge in [-0.2, -0.15) is 0 Å². The van der Waals surface area contributed by atoms with Gasteiger partial charge < -0.3 is 0 Å². The first-order chi connectivity index (χ1) is 6.75. The predicted octanol–water partition coefficient (Wildman–Crippen LogP) is 0.577. The molecular formula is C10H10N2OSe. The first kappa shape index (κ1) is 9.44. The van der Waals surface area contributed by atoms with Gasteiger partial charge in [0, 0.05) is 0 Å². The molecule has 1 aliphatic heterocycles. The number of carbonyl (C=O) groups is 1. The van der Waals surface area contributed by atoms with Crippen LogP contribution in [0.1, 0.15) is 5.56 Å². The number of amides is 1. The van der Waals surface area contributed by atoms with E-state index in [2.05, 4.69) is 4.99 Å². The van der Waals surface area contributed by atoms with Gasteiger partial charge in [-0.1, -0.05) is 0 Å². The number of carbonyl (C=O) groups excluding carboxylic acids is 1. The quantitative estimate of drug-likeness (QED) is 0.784. The fraction of sp³-hybridized carbons (Fsp3) is 0.200. The molecule has 0 aromatic heterocycles. The Bertz CT molecular complexity index is 375. The number of amidine groups is 1. The van der Waals surface area contributed by atoms with Crippen molar-refractivity contribution in [3.63, 3.8) is 0 Å². The van der Waals surface area contributed by atoms with E-state index in [0.29, 0.717) is 4.73 Å². The number of nitrogens with zero attached hydrogens (tertiary/aromatic N) is 1. The Hall–Kier alpha value is -1.12. The number of rotatable bonds is 2. The standard InChI is InChI=1S/C10H10N2OSe/c11-10-12-9(13)8(14-10)6-7-4-2-1-3-5-7/h1-5,8H,6H2,(H2,11,12,13). The van der Waals surface area contributed by atoms with Crippen LogP contribution in [0, 0.1) is 0 Å². The maximum atomic E-state index is 11.3. The fourth-order valence-corrected chi connectivity index (χ4v) is 3.17. The van der Waals surface area contributed by atoms with E-state index >= 15 is 0 Å². The number of benzene rings is 1. The minimum absolute atomic E-state index is 0.0184. The summed E-state index contributed by atoms with van der Waals surface area (Å²) in [6, 6.07) is 9.98. The summed E-state index contributed by atoms with van der Waals surface area (Å²) in [4.78, 5) is 15.1. The van der Waals surface area contributed by atoms with E-state index in [-0.39, 0.29) is 25.7 Å². The van der Waals surface area contributed by atoms with Crippen molar-refractivity contribution in [2.45, 2.75) is 11.2 Å². The normalized spacial score (nSPS) is 21.0. The van der Waals surface area contributed by atoms with Gasteiger partial charge in [-0.3, -0.25) is 0 Å². The van der Waals surface area contributed by atoms with Gasteiger partial charge in [0.05, 0.1) is 0 Å². The molecule has 0 bridgehead atoms. The van der Waals surface area contributed by atoms with Crippen LogP contribution >= 0.6 is 0 Å². The van der Waals surface area contributed by atoms with Crippen LogP contribution in [-0.4, -0.2) is 25.6 Å². The SMILES string of the molecule is NC1=NC(=O)C(Cc2ccccc2)[Se]1. The maximum absolute atomic E-state index is 11.3. The van der Waals surface area contributed by atoms with Crippen molar-refractivity contribution < 1.29 is 4.79 Å². The van der Waals surface area contributed by atoms with Gasteiger partial charge in [0.1, 0.15) is 0 Å². The molecule has 4 heteroatoms. The molecule has 0 spiro atoms. The number of aliphatic imine (C=N–C) groups is 1. The van der Waals surface area contributed by atoms with Crippen LogP contribution in [0.25, 0.3) is 0 Å². The molecule has 0 saturated heterocycles. The van der Waals surface area contributed by atoms with Gasteiger partial charge in [0.15, 0.2) is 0 Å². The van der Waals surface area contributed by atoms with Crippen LogP contribution in [0.3, 0.4) is 0 Å². The zero-order valence-electron chi connectivity index (χ0n) is 7.51. The van der Waals surface area contributed by atoms with E-state index in [1.807, 2.05) is 30.3 Å². The van der Waals surface area contributed by atoms with Crippen molar-refractivity contribution in [2.75, 3.05) is 0 Å². The van der Waals surface area contributed by atoms with Gasteiger partial charge >= 0.3 is 88.3 Å². The Morgan fingerprint density at radius 1 is 1.36 bits per heavy atom. The summed E-state index contributed by atoms with van der Waals surface area (Å²) in [5.41, 5.74) is 6.70. The zero-order chi connectivity index (χ0) is 9.97. The summed E-state index contributed by atoms with van der Waals surface area (Å²) in [6.45, 7) is 0. The molecule has 3 nitrogen and oxygen atoms in total. The number of nitrogens with two attached hydrogens (primary N) is 1. The molecule has 1 heterocycles. The zero-order valence-corrected chi connectivity index (χ0v) is 9.23. The molecule has 2 N–H and O–H groups in total. The summed E-state index contributed by atoms with van der Waals surface area (Å²) in [5.74, 6) is -0.0497. The minimum atomic E-state index is -0.0497. The van der Waals surface area contributed by atoms with Crippen LogP contribution in [0.5, 0.6) is 0 Å².